The smallest absolute Gasteiger partial charge is 0.149 e. The predicted octanol–water partition coefficient (Wildman–Crippen LogP) is 2.92. The summed E-state index contributed by atoms with van der Waals surface area (Å²) in [5, 5.41) is 2.91. The van der Waals surface area contributed by atoms with E-state index in [1.807, 2.05) is 4.90 Å². The van der Waals surface area contributed by atoms with E-state index in [-0.39, 0.29) is 5.69 Å². The van der Waals surface area contributed by atoms with Gasteiger partial charge in [-0.25, -0.2) is 8.78 Å². The van der Waals surface area contributed by atoms with Crippen molar-refractivity contribution >= 4 is 5.69 Å². The van der Waals surface area contributed by atoms with Crippen LogP contribution in [0.2, 0.25) is 0 Å². The molecule has 2 atom stereocenters. The molecule has 104 valence electrons. The molecule has 2 nitrogen and oxygen atoms in total. The first-order valence-electron chi connectivity index (χ1n) is 7.06. The normalized spacial score (nSPS) is 25.9. The van der Waals surface area contributed by atoms with Crippen LogP contribution < -0.4 is 10.2 Å². The lowest BCUT2D eigenvalue weighted by Crippen LogP contribution is -2.23. The summed E-state index contributed by atoms with van der Waals surface area (Å²) in [5.74, 6) is 0.419. The predicted molar refractivity (Wildman–Crippen MR) is 72.2 cm³/mol. The molecular weight excluding hydrogens is 246 g/mol. The number of anilines is 1. The molecule has 2 aliphatic rings. The lowest BCUT2D eigenvalue weighted by Gasteiger charge is -2.21. The van der Waals surface area contributed by atoms with Gasteiger partial charge in [-0.05, 0) is 49.4 Å². The minimum Gasteiger partial charge on any atom is -0.366 e. The summed E-state index contributed by atoms with van der Waals surface area (Å²) in [6, 6.07) is 2.89. The molecule has 1 aliphatic carbocycles. The van der Waals surface area contributed by atoms with Crippen LogP contribution in [0.15, 0.2) is 12.1 Å². The molecule has 1 N–H and O–H groups in total. The highest BCUT2D eigenvalue weighted by Crippen LogP contribution is 2.40. The van der Waals surface area contributed by atoms with Crippen molar-refractivity contribution in [2.24, 2.45) is 11.8 Å². The summed E-state index contributed by atoms with van der Waals surface area (Å²) in [5.41, 5.74) is 0.829. The Bertz CT molecular complexity index is 440. The van der Waals surface area contributed by atoms with Crippen LogP contribution in [-0.4, -0.2) is 20.1 Å². The topological polar surface area (TPSA) is 15.3 Å². The lowest BCUT2D eigenvalue weighted by molar-refractivity contribution is 0.494. The van der Waals surface area contributed by atoms with Gasteiger partial charge in [0, 0.05) is 19.6 Å². The van der Waals surface area contributed by atoms with Gasteiger partial charge in [-0.2, -0.15) is 0 Å². The van der Waals surface area contributed by atoms with Gasteiger partial charge in [0.25, 0.3) is 0 Å². The highest BCUT2D eigenvalue weighted by Gasteiger charge is 2.37. The van der Waals surface area contributed by atoms with Crippen molar-refractivity contribution in [2.45, 2.75) is 25.8 Å². The fourth-order valence-electron chi connectivity index (χ4n) is 3.64. The molecule has 0 bridgehead atoms. The van der Waals surface area contributed by atoms with Gasteiger partial charge in [-0.3, -0.25) is 0 Å². The van der Waals surface area contributed by atoms with Gasteiger partial charge in [0.15, 0.2) is 0 Å². The van der Waals surface area contributed by atoms with Gasteiger partial charge in [0.1, 0.15) is 17.3 Å². The summed E-state index contributed by atoms with van der Waals surface area (Å²) in [6.07, 6.45) is 3.69. The molecule has 2 fully saturated rings. The maximum absolute atomic E-state index is 14.2. The van der Waals surface area contributed by atoms with Crippen LogP contribution in [0, 0.1) is 23.5 Å². The zero-order valence-corrected chi connectivity index (χ0v) is 11.3. The fourth-order valence-corrected chi connectivity index (χ4v) is 3.64. The third-order valence-corrected chi connectivity index (χ3v) is 4.50. The second-order valence-corrected chi connectivity index (χ2v) is 5.79. The van der Waals surface area contributed by atoms with E-state index >= 15 is 0 Å². The minimum absolute atomic E-state index is 0.175. The average Bonchev–Trinajstić information content (AvgIpc) is 2.89. The Balaban J connectivity index is 1.85. The lowest BCUT2D eigenvalue weighted by atomic mass is 10.0. The van der Waals surface area contributed by atoms with Crippen molar-refractivity contribution in [1.82, 2.24) is 5.32 Å². The Kier molecular flexibility index (Phi) is 3.44. The Morgan fingerprint density at radius 2 is 1.74 bits per heavy atom. The van der Waals surface area contributed by atoms with Crippen LogP contribution in [0.4, 0.5) is 14.5 Å². The van der Waals surface area contributed by atoms with Gasteiger partial charge >= 0.3 is 0 Å². The molecule has 2 unspecified atom stereocenters. The van der Waals surface area contributed by atoms with E-state index in [1.165, 1.54) is 31.4 Å². The first-order chi connectivity index (χ1) is 9.19. The monoisotopic (exact) mass is 266 g/mol. The number of nitrogens with one attached hydrogen (secondary N) is 1. The van der Waals surface area contributed by atoms with E-state index < -0.39 is 11.6 Å². The molecule has 1 aromatic carbocycles. The van der Waals surface area contributed by atoms with Crippen LogP contribution >= 0.6 is 0 Å². The maximum Gasteiger partial charge on any atom is 0.149 e. The van der Waals surface area contributed by atoms with Gasteiger partial charge in [0.05, 0.1) is 0 Å². The molecule has 1 heterocycles. The average molecular weight is 266 g/mol. The summed E-state index contributed by atoms with van der Waals surface area (Å²) in [4.78, 5) is 1.91. The standard InChI is InChI=1S/C15H20F2N2/c1-18-7-10-5-13(16)15(14(17)6-10)19-8-11-3-2-4-12(11)9-19/h5-6,11-12,18H,2-4,7-9H2,1H3. The van der Waals surface area contributed by atoms with Crippen molar-refractivity contribution in [3.8, 4) is 0 Å². The van der Waals surface area contributed by atoms with Crippen LogP contribution in [0.1, 0.15) is 24.8 Å². The van der Waals surface area contributed by atoms with Crippen LogP contribution in [0.5, 0.6) is 0 Å². The van der Waals surface area contributed by atoms with E-state index in [4.69, 9.17) is 0 Å². The quantitative estimate of drug-likeness (QED) is 0.905. The van der Waals surface area contributed by atoms with Crippen LogP contribution in [0.3, 0.4) is 0 Å². The van der Waals surface area contributed by atoms with Crippen molar-refractivity contribution < 1.29 is 8.78 Å². The molecule has 3 rings (SSSR count). The molecule has 0 amide bonds. The minimum atomic E-state index is -0.426. The fraction of sp³-hybridized carbons (Fsp3) is 0.600. The van der Waals surface area contributed by atoms with E-state index in [1.54, 1.807) is 7.05 Å². The number of halogens is 2. The molecule has 0 aromatic heterocycles. The van der Waals surface area contributed by atoms with Gasteiger partial charge < -0.3 is 10.2 Å². The number of rotatable bonds is 3. The Morgan fingerprint density at radius 1 is 1.16 bits per heavy atom. The van der Waals surface area contributed by atoms with Gasteiger partial charge in [0.2, 0.25) is 0 Å². The zero-order chi connectivity index (χ0) is 13.4. The Labute approximate surface area is 112 Å². The van der Waals surface area contributed by atoms with Crippen LogP contribution in [-0.2, 0) is 6.54 Å². The molecule has 0 spiro atoms. The van der Waals surface area contributed by atoms with E-state index in [9.17, 15) is 8.78 Å². The van der Waals surface area contributed by atoms with Gasteiger partial charge in [-0.15, -0.1) is 0 Å². The van der Waals surface area contributed by atoms with Crippen molar-refractivity contribution in [3.05, 3.63) is 29.3 Å². The summed E-state index contributed by atoms with van der Waals surface area (Å²) in [7, 11) is 1.77. The van der Waals surface area contributed by atoms with Crippen molar-refractivity contribution in [2.75, 3.05) is 25.0 Å². The number of fused-ring (bicyclic) bond motifs is 1. The highest BCUT2D eigenvalue weighted by atomic mass is 19.1. The van der Waals surface area contributed by atoms with Crippen molar-refractivity contribution in [1.29, 1.82) is 0 Å². The number of hydrogen-bond acceptors (Lipinski definition) is 2. The second kappa shape index (κ2) is 5.08. The molecule has 0 radical (unpaired) electrons. The van der Waals surface area contributed by atoms with E-state index in [0.29, 0.717) is 23.9 Å². The summed E-state index contributed by atoms with van der Waals surface area (Å²) < 4.78 is 28.3. The molecular formula is C15H20F2N2. The third kappa shape index (κ3) is 2.34. The van der Waals surface area contributed by atoms with Gasteiger partial charge in [-0.1, -0.05) is 6.42 Å². The Morgan fingerprint density at radius 3 is 2.26 bits per heavy atom. The second-order valence-electron chi connectivity index (χ2n) is 5.79. The number of nitrogens with zero attached hydrogens (tertiary/aromatic N) is 1. The molecule has 1 saturated carbocycles. The number of hydrogen-bond donors (Lipinski definition) is 1. The molecule has 1 aliphatic heterocycles. The summed E-state index contributed by atoms with van der Waals surface area (Å²) >= 11 is 0. The third-order valence-electron chi connectivity index (χ3n) is 4.50. The highest BCUT2D eigenvalue weighted by molar-refractivity contribution is 5.52. The van der Waals surface area contributed by atoms with Crippen LogP contribution in [0.25, 0.3) is 0 Å². The van der Waals surface area contributed by atoms with E-state index in [2.05, 4.69) is 5.32 Å². The molecule has 1 saturated heterocycles. The molecule has 1 aromatic rings. The largest absolute Gasteiger partial charge is 0.366 e. The first kappa shape index (κ1) is 12.9. The SMILES string of the molecule is CNCc1cc(F)c(N2CC3CCCC3C2)c(F)c1. The maximum atomic E-state index is 14.2. The Hall–Kier alpha value is -1.16. The van der Waals surface area contributed by atoms with E-state index in [0.717, 1.165) is 13.1 Å². The molecule has 4 heteroatoms. The number of benzene rings is 1. The molecule has 19 heavy (non-hydrogen) atoms. The summed E-state index contributed by atoms with van der Waals surface area (Å²) in [6.45, 7) is 2.10. The van der Waals surface area contributed by atoms with Crippen molar-refractivity contribution in [3.63, 3.8) is 0 Å². The first-order valence-corrected chi connectivity index (χ1v) is 7.06. The zero-order valence-electron chi connectivity index (χ0n) is 11.3.